The van der Waals surface area contributed by atoms with E-state index in [1.165, 1.54) is 10.6 Å². The zero-order valence-corrected chi connectivity index (χ0v) is 16.0. The van der Waals surface area contributed by atoms with Crippen LogP contribution in [0.3, 0.4) is 0 Å². The molecule has 0 atom stereocenters. The Morgan fingerprint density at radius 3 is 2.71 bits per heavy atom. The summed E-state index contributed by atoms with van der Waals surface area (Å²) in [7, 11) is 0. The van der Waals surface area contributed by atoms with Gasteiger partial charge in [0.05, 0.1) is 5.02 Å². The van der Waals surface area contributed by atoms with Gasteiger partial charge < -0.3 is 10.2 Å². The van der Waals surface area contributed by atoms with Gasteiger partial charge in [-0.1, -0.05) is 17.7 Å². The Balaban J connectivity index is 1.34. The molecule has 1 aliphatic heterocycles. The van der Waals surface area contributed by atoms with Crippen LogP contribution in [0.25, 0.3) is 5.65 Å². The molecule has 0 aliphatic carbocycles. The Bertz CT molecular complexity index is 1040. The standard InChI is InChI=1S/C20H20ClN5O2/c21-15-4-5-17(22-12-15)25-9-6-14(7-10-25)11-24-19(27)16-13-23-18-3-1-2-8-26(18)20(16)28/h1-5,8,12-14H,6-7,9-11H2,(H,24,27). The molecule has 1 aliphatic rings. The van der Waals surface area contributed by atoms with E-state index in [-0.39, 0.29) is 17.0 Å². The normalized spacial score (nSPS) is 15.0. The first-order valence-corrected chi connectivity index (χ1v) is 9.61. The summed E-state index contributed by atoms with van der Waals surface area (Å²) in [4.78, 5) is 35.7. The third-order valence-electron chi connectivity index (χ3n) is 5.06. The van der Waals surface area contributed by atoms with Crippen molar-refractivity contribution in [1.29, 1.82) is 0 Å². The Morgan fingerprint density at radius 2 is 1.96 bits per heavy atom. The quantitative estimate of drug-likeness (QED) is 0.731. The van der Waals surface area contributed by atoms with Gasteiger partial charge in [0, 0.05) is 38.2 Å². The van der Waals surface area contributed by atoms with Crippen molar-refractivity contribution in [3.63, 3.8) is 0 Å². The predicted molar refractivity (Wildman–Crippen MR) is 108 cm³/mol. The number of nitrogens with one attached hydrogen (secondary N) is 1. The van der Waals surface area contributed by atoms with Crippen LogP contribution in [0.2, 0.25) is 5.02 Å². The molecule has 1 fully saturated rings. The maximum absolute atomic E-state index is 12.5. The van der Waals surface area contributed by atoms with Gasteiger partial charge in [-0.25, -0.2) is 9.97 Å². The summed E-state index contributed by atoms with van der Waals surface area (Å²) in [5.41, 5.74) is 0.227. The number of anilines is 1. The van der Waals surface area contributed by atoms with Gasteiger partial charge in [-0.3, -0.25) is 14.0 Å². The summed E-state index contributed by atoms with van der Waals surface area (Å²) in [6, 6.07) is 9.03. The maximum Gasteiger partial charge on any atom is 0.270 e. The third-order valence-corrected chi connectivity index (χ3v) is 5.28. The van der Waals surface area contributed by atoms with Crippen molar-refractivity contribution in [2.45, 2.75) is 12.8 Å². The Hall–Kier alpha value is -2.93. The molecule has 8 heteroatoms. The average molecular weight is 398 g/mol. The molecule has 4 heterocycles. The van der Waals surface area contributed by atoms with E-state index in [4.69, 9.17) is 11.6 Å². The molecule has 1 saturated heterocycles. The molecule has 1 N–H and O–H groups in total. The van der Waals surface area contributed by atoms with Crippen LogP contribution >= 0.6 is 11.6 Å². The number of rotatable bonds is 4. The van der Waals surface area contributed by atoms with Crippen LogP contribution in [-0.4, -0.2) is 39.9 Å². The third kappa shape index (κ3) is 3.84. The molecule has 3 aromatic rings. The highest BCUT2D eigenvalue weighted by Gasteiger charge is 2.21. The lowest BCUT2D eigenvalue weighted by Crippen LogP contribution is -2.40. The number of halogens is 1. The largest absolute Gasteiger partial charge is 0.357 e. The predicted octanol–water partition coefficient (Wildman–Crippen LogP) is 2.39. The monoisotopic (exact) mass is 397 g/mol. The van der Waals surface area contributed by atoms with Crippen LogP contribution in [0.4, 0.5) is 5.82 Å². The number of piperidine rings is 1. The van der Waals surface area contributed by atoms with Crippen molar-refractivity contribution >= 4 is 29.0 Å². The molecule has 1 amide bonds. The number of carbonyl (C=O) groups excluding carboxylic acids is 1. The zero-order chi connectivity index (χ0) is 19.5. The molecule has 0 unspecified atom stereocenters. The van der Waals surface area contributed by atoms with Crippen molar-refractivity contribution in [3.8, 4) is 0 Å². The molecule has 0 bridgehead atoms. The SMILES string of the molecule is O=C(NCC1CCN(c2ccc(Cl)cn2)CC1)c1cnc2ccccn2c1=O. The summed E-state index contributed by atoms with van der Waals surface area (Å²) < 4.78 is 1.38. The molecule has 3 aromatic heterocycles. The number of hydrogen-bond acceptors (Lipinski definition) is 5. The molecular formula is C20H20ClN5O2. The van der Waals surface area contributed by atoms with Crippen molar-refractivity contribution in [3.05, 3.63) is 69.9 Å². The van der Waals surface area contributed by atoms with E-state index in [2.05, 4.69) is 20.2 Å². The lowest BCUT2D eigenvalue weighted by atomic mass is 9.96. The lowest BCUT2D eigenvalue weighted by Gasteiger charge is -2.32. The van der Waals surface area contributed by atoms with Crippen molar-refractivity contribution < 1.29 is 4.79 Å². The van der Waals surface area contributed by atoms with E-state index in [9.17, 15) is 9.59 Å². The maximum atomic E-state index is 12.5. The second-order valence-electron chi connectivity index (χ2n) is 6.88. The lowest BCUT2D eigenvalue weighted by molar-refractivity contribution is 0.0943. The van der Waals surface area contributed by atoms with E-state index >= 15 is 0 Å². The summed E-state index contributed by atoms with van der Waals surface area (Å²) in [5.74, 6) is 0.906. The minimum absolute atomic E-state index is 0.0616. The van der Waals surface area contributed by atoms with Crippen LogP contribution in [0.15, 0.2) is 53.7 Å². The molecule has 0 saturated carbocycles. The average Bonchev–Trinajstić information content (AvgIpc) is 2.73. The van der Waals surface area contributed by atoms with E-state index in [0.717, 1.165) is 31.7 Å². The second kappa shape index (κ2) is 7.98. The second-order valence-corrected chi connectivity index (χ2v) is 7.32. The van der Waals surface area contributed by atoms with Crippen molar-refractivity contribution in [2.24, 2.45) is 5.92 Å². The molecular weight excluding hydrogens is 378 g/mol. The van der Waals surface area contributed by atoms with Gasteiger partial charge in [0.25, 0.3) is 11.5 Å². The number of nitrogens with zero attached hydrogens (tertiary/aromatic N) is 4. The zero-order valence-electron chi connectivity index (χ0n) is 15.2. The number of pyridine rings is 2. The topological polar surface area (TPSA) is 79.6 Å². The first-order chi connectivity index (χ1) is 13.6. The fraction of sp³-hybridized carbons (Fsp3) is 0.300. The number of carbonyl (C=O) groups is 1. The fourth-order valence-electron chi connectivity index (χ4n) is 3.44. The van der Waals surface area contributed by atoms with Gasteiger partial charge >= 0.3 is 0 Å². The van der Waals surface area contributed by atoms with Gasteiger partial charge in [0.2, 0.25) is 0 Å². The van der Waals surface area contributed by atoms with E-state index in [1.54, 1.807) is 30.6 Å². The molecule has 7 nitrogen and oxygen atoms in total. The molecule has 144 valence electrons. The van der Waals surface area contributed by atoms with Crippen LogP contribution in [-0.2, 0) is 0 Å². The highest BCUT2D eigenvalue weighted by atomic mass is 35.5. The number of hydrogen-bond donors (Lipinski definition) is 1. The van der Waals surface area contributed by atoms with Crippen LogP contribution in [0, 0.1) is 5.92 Å². The first kappa shape index (κ1) is 18.4. The van der Waals surface area contributed by atoms with E-state index in [1.807, 2.05) is 12.1 Å². The Kier molecular flexibility index (Phi) is 5.25. The van der Waals surface area contributed by atoms with Crippen LogP contribution < -0.4 is 15.8 Å². The van der Waals surface area contributed by atoms with Gasteiger partial charge in [0.15, 0.2) is 0 Å². The number of aromatic nitrogens is 3. The van der Waals surface area contributed by atoms with Gasteiger partial charge in [-0.15, -0.1) is 0 Å². The van der Waals surface area contributed by atoms with Crippen molar-refractivity contribution in [2.75, 3.05) is 24.5 Å². The summed E-state index contributed by atoms with van der Waals surface area (Å²) >= 11 is 5.89. The summed E-state index contributed by atoms with van der Waals surface area (Å²) in [6.07, 6.45) is 6.50. The summed E-state index contributed by atoms with van der Waals surface area (Å²) in [5, 5.41) is 3.52. The van der Waals surface area contributed by atoms with Gasteiger partial charge in [-0.2, -0.15) is 0 Å². The molecule has 0 aromatic carbocycles. The van der Waals surface area contributed by atoms with Gasteiger partial charge in [-0.05, 0) is 43.0 Å². The smallest absolute Gasteiger partial charge is 0.270 e. The molecule has 4 rings (SSSR count). The van der Waals surface area contributed by atoms with Gasteiger partial charge in [0.1, 0.15) is 17.0 Å². The molecule has 28 heavy (non-hydrogen) atoms. The van der Waals surface area contributed by atoms with Crippen LogP contribution in [0.1, 0.15) is 23.2 Å². The number of fused-ring (bicyclic) bond motifs is 1. The Labute approximate surface area is 167 Å². The molecule has 0 radical (unpaired) electrons. The Morgan fingerprint density at radius 1 is 1.14 bits per heavy atom. The van der Waals surface area contributed by atoms with Crippen molar-refractivity contribution in [1.82, 2.24) is 19.7 Å². The fourth-order valence-corrected chi connectivity index (χ4v) is 3.55. The van der Waals surface area contributed by atoms with E-state index in [0.29, 0.717) is 23.1 Å². The molecule has 0 spiro atoms. The van der Waals surface area contributed by atoms with E-state index < -0.39 is 0 Å². The van der Waals surface area contributed by atoms with Crippen LogP contribution in [0.5, 0.6) is 0 Å². The highest BCUT2D eigenvalue weighted by Crippen LogP contribution is 2.22. The first-order valence-electron chi connectivity index (χ1n) is 9.23. The number of amides is 1. The minimum Gasteiger partial charge on any atom is -0.357 e. The minimum atomic E-state index is -0.377. The summed E-state index contributed by atoms with van der Waals surface area (Å²) in [6.45, 7) is 2.28. The highest BCUT2D eigenvalue weighted by molar-refractivity contribution is 6.30.